The van der Waals surface area contributed by atoms with Gasteiger partial charge in [-0.3, -0.25) is 20.4 Å². The van der Waals surface area contributed by atoms with Crippen LogP contribution in [0.1, 0.15) is 0 Å². The zero-order chi connectivity index (χ0) is 17.3. The Morgan fingerprint density at radius 2 is 1.55 bits per heavy atom. The topological polar surface area (TPSA) is 179 Å². The average Bonchev–Trinajstić information content (AvgIpc) is 2.42. The van der Waals surface area contributed by atoms with Gasteiger partial charge >= 0.3 is 11.9 Å². The number of hydrogen-bond acceptors (Lipinski definition) is 7. The Balaban J connectivity index is 4.21. The Morgan fingerprint density at radius 3 is 1.95 bits per heavy atom. The van der Waals surface area contributed by atoms with Crippen molar-refractivity contribution in [1.82, 2.24) is 9.80 Å². The highest BCUT2D eigenvalue weighted by Gasteiger charge is 2.18. The predicted molar refractivity (Wildman–Crippen MR) is 77.0 cm³/mol. The van der Waals surface area contributed by atoms with Crippen molar-refractivity contribution < 1.29 is 24.2 Å². The molecule has 0 radical (unpaired) electrons. The van der Waals surface area contributed by atoms with Crippen molar-refractivity contribution in [3.63, 3.8) is 0 Å². The molecule has 0 heterocycles. The van der Waals surface area contributed by atoms with Gasteiger partial charge < -0.3 is 35.8 Å². The van der Waals surface area contributed by atoms with Gasteiger partial charge in [0, 0.05) is 14.1 Å². The molecular weight excluding hydrogens is 296 g/mol. The molecule has 0 fully saturated rings. The minimum Gasteiger partial charge on any atom is -0.460 e. The summed E-state index contributed by atoms with van der Waals surface area (Å²) in [6.07, 6.45) is -1.03. The zero-order valence-electron chi connectivity index (χ0n) is 12.5. The number of nitrogens with zero attached hydrogens (tertiary/aromatic N) is 2. The van der Waals surface area contributed by atoms with Crippen LogP contribution in [0.3, 0.4) is 0 Å². The van der Waals surface area contributed by atoms with Gasteiger partial charge in [-0.15, -0.1) is 0 Å². The lowest BCUT2D eigenvalue weighted by molar-refractivity contribution is -0.161. The molecule has 0 bridgehead atoms. The third-order valence-corrected chi connectivity index (χ3v) is 2.49. The number of esters is 2. The fraction of sp³-hybridized carbons (Fsp3) is 0.636. The Bertz CT molecular complexity index is 429. The lowest BCUT2D eigenvalue weighted by Crippen LogP contribution is -2.40. The summed E-state index contributed by atoms with van der Waals surface area (Å²) in [7, 11) is 2.86. The van der Waals surface area contributed by atoms with Crippen molar-refractivity contribution in [3.8, 4) is 0 Å². The maximum atomic E-state index is 11.5. The normalized spacial score (nSPS) is 11.2. The lowest BCUT2D eigenvalue weighted by atomic mass is 10.4. The number of carbonyl (C=O) groups excluding carboxylic acids is 2. The second-order valence-electron chi connectivity index (χ2n) is 4.46. The van der Waals surface area contributed by atoms with Gasteiger partial charge in [0.25, 0.3) is 0 Å². The first-order valence-electron chi connectivity index (χ1n) is 6.23. The Labute approximate surface area is 127 Å². The summed E-state index contributed by atoms with van der Waals surface area (Å²) in [5, 5.41) is 23.3. The summed E-state index contributed by atoms with van der Waals surface area (Å²) < 4.78 is 9.70. The second-order valence-corrected chi connectivity index (χ2v) is 4.46. The molecule has 0 aliphatic heterocycles. The maximum Gasteiger partial charge on any atom is 0.326 e. The predicted octanol–water partition coefficient (Wildman–Crippen LogP) is -2.92. The highest BCUT2D eigenvalue weighted by molar-refractivity contribution is 5.81. The smallest absolute Gasteiger partial charge is 0.326 e. The van der Waals surface area contributed by atoms with Crippen LogP contribution in [-0.2, 0) is 19.1 Å². The molecule has 0 aromatic rings. The van der Waals surface area contributed by atoms with Gasteiger partial charge in [0.2, 0.25) is 0 Å². The molecule has 1 atom stereocenters. The molecule has 126 valence electrons. The summed E-state index contributed by atoms with van der Waals surface area (Å²) >= 11 is 0. The fourth-order valence-corrected chi connectivity index (χ4v) is 1.14. The summed E-state index contributed by atoms with van der Waals surface area (Å²) in [4.78, 5) is 25.3. The van der Waals surface area contributed by atoms with Crippen LogP contribution in [0.5, 0.6) is 0 Å². The molecule has 0 saturated heterocycles. The standard InChI is InChI=1S/C11H22N6O5/c1-16(10(12)13)3-8(19)21-6-7(5-18)22-9(20)4-17(2)11(14)15/h7,18H,3-6H2,1-2H3,(H3,12,13)(H3,14,15). The third-order valence-electron chi connectivity index (χ3n) is 2.49. The second kappa shape index (κ2) is 9.39. The van der Waals surface area contributed by atoms with E-state index in [0.717, 1.165) is 9.80 Å². The van der Waals surface area contributed by atoms with Crippen LogP contribution in [-0.4, -0.2) is 85.3 Å². The minimum atomic E-state index is -1.03. The van der Waals surface area contributed by atoms with Gasteiger partial charge in [-0.05, 0) is 0 Å². The van der Waals surface area contributed by atoms with Gasteiger partial charge in [0.1, 0.15) is 19.7 Å². The average molecular weight is 318 g/mol. The molecule has 0 saturated carbocycles. The van der Waals surface area contributed by atoms with E-state index in [0.29, 0.717) is 0 Å². The number of guanidine groups is 2. The van der Waals surface area contributed by atoms with E-state index in [1.54, 1.807) is 0 Å². The summed E-state index contributed by atoms with van der Waals surface area (Å²) in [6.45, 7) is -1.39. The molecule has 0 aliphatic carbocycles. The van der Waals surface area contributed by atoms with Crippen molar-refractivity contribution in [3.05, 3.63) is 0 Å². The Kier molecular flexibility index (Phi) is 8.30. The van der Waals surface area contributed by atoms with Crippen LogP contribution < -0.4 is 11.5 Å². The van der Waals surface area contributed by atoms with Gasteiger partial charge in [-0.2, -0.15) is 0 Å². The maximum absolute atomic E-state index is 11.5. The number of nitrogens with one attached hydrogen (secondary N) is 2. The molecule has 11 heteroatoms. The van der Waals surface area contributed by atoms with E-state index in [1.165, 1.54) is 14.1 Å². The van der Waals surface area contributed by atoms with Crippen molar-refractivity contribution in [1.29, 1.82) is 10.8 Å². The first kappa shape index (κ1) is 19.4. The molecular formula is C11H22N6O5. The molecule has 0 aliphatic rings. The van der Waals surface area contributed by atoms with Crippen molar-refractivity contribution in [2.24, 2.45) is 11.5 Å². The third kappa shape index (κ3) is 7.89. The van der Waals surface area contributed by atoms with E-state index in [4.69, 9.17) is 36.9 Å². The van der Waals surface area contributed by atoms with Crippen molar-refractivity contribution in [2.75, 3.05) is 40.4 Å². The van der Waals surface area contributed by atoms with E-state index in [9.17, 15) is 9.59 Å². The Hall–Kier alpha value is -2.56. The van der Waals surface area contributed by atoms with Crippen molar-refractivity contribution >= 4 is 23.9 Å². The summed E-state index contributed by atoms with van der Waals surface area (Å²) in [5.41, 5.74) is 10.3. The van der Waals surface area contributed by atoms with Gasteiger partial charge in [-0.1, -0.05) is 0 Å². The van der Waals surface area contributed by atoms with Crippen LogP contribution in [0.15, 0.2) is 0 Å². The van der Waals surface area contributed by atoms with Gasteiger partial charge in [0.15, 0.2) is 18.0 Å². The van der Waals surface area contributed by atoms with E-state index >= 15 is 0 Å². The number of ether oxygens (including phenoxy) is 2. The molecule has 0 aromatic heterocycles. The minimum absolute atomic E-state index is 0.242. The van der Waals surface area contributed by atoms with Gasteiger partial charge in [0.05, 0.1) is 6.61 Å². The van der Waals surface area contributed by atoms with Gasteiger partial charge in [-0.25, -0.2) is 0 Å². The molecule has 1 unspecified atom stereocenters. The van der Waals surface area contributed by atoms with E-state index in [2.05, 4.69) is 0 Å². The monoisotopic (exact) mass is 318 g/mol. The summed E-state index contributed by atoms with van der Waals surface area (Å²) in [5.74, 6) is -2.02. The highest BCUT2D eigenvalue weighted by atomic mass is 16.6. The van der Waals surface area contributed by atoms with Crippen LogP contribution in [0.2, 0.25) is 0 Å². The van der Waals surface area contributed by atoms with Crippen LogP contribution in [0.4, 0.5) is 0 Å². The number of aliphatic hydroxyl groups excluding tert-OH is 1. The fourth-order valence-electron chi connectivity index (χ4n) is 1.14. The lowest BCUT2D eigenvalue weighted by Gasteiger charge is -2.20. The number of nitrogens with two attached hydrogens (primary N) is 2. The first-order chi connectivity index (χ1) is 10.2. The van der Waals surface area contributed by atoms with Crippen molar-refractivity contribution in [2.45, 2.75) is 6.10 Å². The summed E-state index contributed by atoms with van der Waals surface area (Å²) in [6, 6.07) is 0. The number of rotatable bonds is 8. The van der Waals surface area contributed by atoms with E-state index < -0.39 is 24.6 Å². The van der Waals surface area contributed by atoms with Crippen LogP contribution in [0.25, 0.3) is 0 Å². The molecule has 0 spiro atoms. The van der Waals surface area contributed by atoms with E-state index in [-0.39, 0.29) is 31.6 Å². The molecule has 11 nitrogen and oxygen atoms in total. The number of aliphatic hydroxyl groups is 1. The Morgan fingerprint density at radius 1 is 1.09 bits per heavy atom. The molecule has 0 aromatic carbocycles. The van der Waals surface area contributed by atoms with Crippen LogP contribution in [0, 0.1) is 10.8 Å². The highest BCUT2D eigenvalue weighted by Crippen LogP contribution is 1.97. The molecule has 0 rings (SSSR count). The largest absolute Gasteiger partial charge is 0.460 e. The number of hydrogen-bond donors (Lipinski definition) is 5. The number of likely N-dealkylation sites (N-methyl/N-ethyl adjacent to an activating group) is 2. The molecule has 22 heavy (non-hydrogen) atoms. The SMILES string of the molecule is CN(CC(=O)OCC(CO)OC(=O)CN(C)C(=N)N)C(=N)N. The molecule has 7 N–H and O–H groups in total. The van der Waals surface area contributed by atoms with E-state index in [1.807, 2.05) is 0 Å². The number of carbonyl (C=O) groups is 2. The quantitative estimate of drug-likeness (QED) is 0.178. The van der Waals surface area contributed by atoms with Crippen LogP contribution >= 0.6 is 0 Å². The first-order valence-corrected chi connectivity index (χ1v) is 6.23. The zero-order valence-corrected chi connectivity index (χ0v) is 12.5. The molecule has 0 amide bonds.